The highest BCUT2D eigenvalue weighted by molar-refractivity contribution is 5.79. The van der Waals surface area contributed by atoms with Gasteiger partial charge in [0.25, 0.3) is 0 Å². The summed E-state index contributed by atoms with van der Waals surface area (Å²) in [6.45, 7) is 7.25. The molecule has 1 aliphatic carbocycles. The molecule has 1 saturated carbocycles. The van der Waals surface area contributed by atoms with Gasteiger partial charge < -0.3 is 14.5 Å². The van der Waals surface area contributed by atoms with Crippen molar-refractivity contribution in [2.45, 2.75) is 58.5 Å². The zero-order valence-electron chi connectivity index (χ0n) is 13.8. The van der Waals surface area contributed by atoms with E-state index in [1.807, 2.05) is 18.7 Å². The number of aliphatic hydroxyl groups is 1. The Morgan fingerprint density at radius 2 is 2.23 bits per heavy atom. The summed E-state index contributed by atoms with van der Waals surface area (Å²) in [6.07, 6.45) is 4.20. The molecule has 1 aromatic heterocycles. The quantitative estimate of drug-likeness (QED) is 0.930. The van der Waals surface area contributed by atoms with Crippen molar-refractivity contribution in [3.63, 3.8) is 0 Å². The highest BCUT2D eigenvalue weighted by Gasteiger charge is 2.48. The van der Waals surface area contributed by atoms with Crippen LogP contribution in [-0.4, -0.2) is 39.8 Å². The van der Waals surface area contributed by atoms with Gasteiger partial charge in [0.1, 0.15) is 5.76 Å². The first-order chi connectivity index (χ1) is 10.4. The molecule has 122 valence electrons. The molecule has 5 heteroatoms. The third kappa shape index (κ3) is 2.56. The average molecular weight is 306 g/mol. The second-order valence-corrected chi connectivity index (χ2v) is 6.99. The fourth-order valence-electron chi connectivity index (χ4n) is 4.29. The van der Waals surface area contributed by atoms with Crippen LogP contribution in [0.3, 0.4) is 0 Å². The number of rotatable bonds is 3. The Balaban J connectivity index is 1.71. The van der Waals surface area contributed by atoms with E-state index >= 15 is 0 Å². The van der Waals surface area contributed by atoms with E-state index in [9.17, 15) is 9.90 Å². The molecule has 3 rings (SSSR count). The van der Waals surface area contributed by atoms with Crippen LogP contribution in [0.15, 0.2) is 4.52 Å². The van der Waals surface area contributed by atoms with E-state index in [-0.39, 0.29) is 11.8 Å². The van der Waals surface area contributed by atoms with Gasteiger partial charge in [-0.2, -0.15) is 0 Å². The van der Waals surface area contributed by atoms with Crippen LogP contribution in [0.4, 0.5) is 0 Å². The number of likely N-dealkylation sites (tertiary alicyclic amines) is 1. The van der Waals surface area contributed by atoms with Crippen molar-refractivity contribution >= 4 is 5.91 Å². The van der Waals surface area contributed by atoms with Crippen molar-refractivity contribution in [1.29, 1.82) is 0 Å². The molecule has 1 saturated heterocycles. The molecular weight excluding hydrogens is 280 g/mol. The summed E-state index contributed by atoms with van der Waals surface area (Å²) in [5.74, 6) is 1.54. The minimum absolute atomic E-state index is 0.127. The molecule has 2 heterocycles. The van der Waals surface area contributed by atoms with E-state index < -0.39 is 5.60 Å². The number of carbonyl (C=O) groups excluding carboxylic acids is 1. The zero-order chi connectivity index (χ0) is 15.9. The minimum atomic E-state index is -0.582. The van der Waals surface area contributed by atoms with Crippen molar-refractivity contribution in [1.82, 2.24) is 10.1 Å². The van der Waals surface area contributed by atoms with Crippen molar-refractivity contribution in [2.24, 2.45) is 11.8 Å². The van der Waals surface area contributed by atoms with Gasteiger partial charge in [0.05, 0.1) is 17.7 Å². The van der Waals surface area contributed by atoms with Crippen LogP contribution in [-0.2, 0) is 11.2 Å². The SMILES string of the molecule is CC[C@]1(O)CCC[C@H]2CN(C(=O)Cc3c(C)noc3C)C[C@H]21. The van der Waals surface area contributed by atoms with Gasteiger partial charge in [0.2, 0.25) is 5.91 Å². The molecule has 1 N–H and O–H groups in total. The molecule has 22 heavy (non-hydrogen) atoms. The summed E-state index contributed by atoms with van der Waals surface area (Å²) >= 11 is 0. The maximum absolute atomic E-state index is 12.6. The van der Waals surface area contributed by atoms with Crippen LogP contribution in [0.25, 0.3) is 0 Å². The first-order valence-electron chi connectivity index (χ1n) is 8.36. The molecule has 0 spiro atoms. The Labute approximate surface area is 131 Å². The van der Waals surface area contributed by atoms with Gasteiger partial charge >= 0.3 is 0 Å². The predicted molar refractivity (Wildman–Crippen MR) is 82.3 cm³/mol. The zero-order valence-corrected chi connectivity index (χ0v) is 13.8. The van der Waals surface area contributed by atoms with Crippen LogP contribution in [0, 0.1) is 25.7 Å². The number of carbonyl (C=O) groups is 1. The van der Waals surface area contributed by atoms with Gasteiger partial charge in [-0.3, -0.25) is 4.79 Å². The monoisotopic (exact) mass is 306 g/mol. The number of nitrogens with zero attached hydrogens (tertiary/aromatic N) is 2. The highest BCUT2D eigenvalue weighted by Crippen LogP contribution is 2.44. The Kier molecular flexibility index (Phi) is 4.02. The summed E-state index contributed by atoms with van der Waals surface area (Å²) in [5.41, 5.74) is 1.12. The second-order valence-electron chi connectivity index (χ2n) is 6.99. The fraction of sp³-hybridized carbons (Fsp3) is 0.765. The summed E-state index contributed by atoms with van der Waals surface area (Å²) in [5, 5.41) is 14.8. The lowest BCUT2D eigenvalue weighted by molar-refractivity contribution is -0.130. The molecule has 1 aromatic rings. The Bertz CT molecular complexity index is 549. The summed E-state index contributed by atoms with van der Waals surface area (Å²) in [6, 6.07) is 0. The van der Waals surface area contributed by atoms with Crippen molar-refractivity contribution in [2.75, 3.05) is 13.1 Å². The Morgan fingerprint density at radius 1 is 1.45 bits per heavy atom. The van der Waals surface area contributed by atoms with Gasteiger partial charge in [0.15, 0.2) is 0 Å². The number of hydrogen-bond acceptors (Lipinski definition) is 4. The standard InChI is InChI=1S/C17H26N2O3/c1-4-17(21)7-5-6-13-9-19(10-15(13)17)16(20)8-14-11(2)18-22-12(14)3/h13,15,21H,4-10H2,1-3H3/t13-,15+,17-/m0/s1. The van der Waals surface area contributed by atoms with Gasteiger partial charge in [-0.25, -0.2) is 0 Å². The average Bonchev–Trinajstić information content (AvgIpc) is 3.07. The van der Waals surface area contributed by atoms with E-state index in [1.54, 1.807) is 0 Å². The van der Waals surface area contributed by atoms with Crippen LogP contribution in [0.1, 0.15) is 49.6 Å². The molecule has 1 amide bonds. The van der Waals surface area contributed by atoms with Crippen LogP contribution >= 0.6 is 0 Å². The highest BCUT2D eigenvalue weighted by atomic mass is 16.5. The molecule has 1 aliphatic heterocycles. The first-order valence-corrected chi connectivity index (χ1v) is 8.36. The number of aromatic nitrogens is 1. The first kappa shape index (κ1) is 15.5. The summed E-state index contributed by atoms with van der Waals surface area (Å²) < 4.78 is 5.14. The third-order valence-electron chi connectivity index (χ3n) is 5.79. The Morgan fingerprint density at radius 3 is 2.86 bits per heavy atom. The lowest BCUT2D eigenvalue weighted by Gasteiger charge is -2.40. The van der Waals surface area contributed by atoms with Crippen molar-refractivity contribution in [3.05, 3.63) is 17.0 Å². The van der Waals surface area contributed by atoms with Gasteiger partial charge in [0, 0.05) is 24.6 Å². The largest absolute Gasteiger partial charge is 0.390 e. The summed E-state index contributed by atoms with van der Waals surface area (Å²) in [4.78, 5) is 14.6. The number of aryl methyl sites for hydroxylation is 2. The molecule has 3 atom stereocenters. The maximum atomic E-state index is 12.6. The van der Waals surface area contributed by atoms with Crippen LogP contribution in [0.5, 0.6) is 0 Å². The Hall–Kier alpha value is -1.36. The van der Waals surface area contributed by atoms with E-state index in [0.717, 1.165) is 49.2 Å². The number of hydrogen-bond donors (Lipinski definition) is 1. The number of fused-ring (bicyclic) bond motifs is 1. The molecule has 0 bridgehead atoms. The minimum Gasteiger partial charge on any atom is -0.390 e. The molecule has 2 fully saturated rings. The predicted octanol–water partition coefficient (Wildman–Crippen LogP) is 2.23. The van der Waals surface area contributed by atoms with Crippen molar-refractivity contribution < 1.29 is 14.4 Å². The van der Waals surface area contributed by atoms with E-state index in [2.05, 4.69) is 12.1 Å². The van der Waals surface area contributed by atoms with Crippen LogP contribution < -0.4 is 0 Å². The van der Waals surface area contributed by atoms with E-state index in [0.29, 0.717) is 18.9 Å². The smallest absolute Gasteiger partial charge is 0.227 e. The second kappa shape index (κ2) is 5.69. The topological polar surface area (TPSA) is 66.6 Å². The molecular formula is C17H26N2O3. The van der Waals surface area contributed by atoms with Gasteiger partial charge in [-0.15, -0.1) is 0 Å². The van der Waals surface area contributed by atoms with Crippen LogP contribution in [0.2, 0.25) is 0 Å². The van der Waals surface area contributed by atoms with Gasteiger partial charge in [-0.1, -0.05) is 18.5 Å². The van der Waals surface area contributed by atoms with Gasteiger partial charge in [-0.05, 0) is 39.0 Å². The molecule has 0 radical (unpaired) electrons. The molecule has 0 unspecified atom stereocenters. The summed E-state index contributed by atoms with van der Waals surface area (Å²) in [7, 11) is 0. The number of amides is 1. The molecule has 0 aromatic carbocycles. The lowest BCUT2D eigenvalue weighted by atomic mass is 9.69. The van der Waals surface area contributed by atoms with Crippen molar-refractivity contribution in [3.8, 4) is 0 Å². The normalized spacial score (nSPS) is 31.4. The lowest BCUT2D eigenvalue weighted by Crippen LogP contribution is -2.44. The molecule has 2 aliphatic rings. The molecule has 5 nitrogen and oxygen atoms in total. The third-order valence-corrected chi connectivity index (χ3v) is 5.79. The fourth-order valence-corrected chi connectivity index (χ4v) is 4.29. The van der Waals surface area contributed by atoms with E-state index in [1.165, 1.54) is 0 Å². The van der Waals surface area contributed by atoms with E-state index in [4.69, 9.17) is 4.52 Å². The maximum Gasteiger partial charge on any atom is 0.227 e.